The Morgan fingerprint density at radius 3 is 2.94 bits per heavy atom. The van der Waals surface area contributed by atoms with Crippen molar-refractivity contribution in [3.63, 3.8) is 0 Å². The standard InChI is InChI=1S/C14H20O2/c1-14(7-6-12(15)10-14)9-11-4-3-5-13(8-11)16-2/h3-5,8,12,15H,6-7,9-10H2,1-2H3. The first-order chi connectivity index (χ1) is 7.61. The molecule has 1 aliphatic rings. The molecule has 1 N–H and O–H groups in total. The van der Waals surface area contributed by atoms with Crippen molar-refractivity contribution in [1.29, 1.82) is 0 Å². The van der Waals surface area contributed by atoms with E-state index in [1.54, 1.807) is 7.11 Å². The number of aliphatic hydroxyl groups excluding tert-OH is 1. The van der Waals surface area contributed by atoms with Crippen molar-refractivity contribution in [3.8, 4) is 5.75 Å². The normalized spacial score (nSPS) is 29.3. The summed E-state index contributed by atoms with van der Waals surface area (Å²) >= 11 is 0. The number of hydrogen-bond donors (Lipinski definition) is 1. The lowest BCUT2D eigenvalue weighted by Gasteiger charge is -2.23. The predicted octanol–water partition coefficient (Wildman–Crippen LogP) is 2.79. The Morgan fingerprint density at radius 1 is 1.50 bits per heavy atom. The zero-order valence-corrected chi connectivity index (χ0v) is 10.1. The zero-order valence-electron chi connectivity index (χ0n) is 10.1. The lowest BCUT2D eigenvalue weighted by molar-refractivity contribution is 0.163. The van der Waals surface area contributed by atoms with Gasteiger partial charge in [-0.15, -0.1) is 0 Å². The number of rotatable bonds is 3. The van der Waals surface area contributed by atoms with Gasteiger partial charge in [0.15, 0.2) is 0 Å². The molecule has 1 aromatic rings. The molecule has 1 fully saturated rings. The summed E-state index contributed by atoms with van der Waals surface area (Å²) < 4.78 is 5.22. The molecular formula is C14H20O2. The van der Waals surface area contributed by atoms with E-state index in [1.165, 1.54) is 5.56 Å². The van der Waals surface area contributed by atoms with Gasteiger partial charge in [0.05, 0.1) is 13.2 Å². The second kappa shape index (κ2) is 4.46. The van der Waals surface area contributed by atoms with Crippen LogP contribution in [0.2, 0.25) is 0 Å². The Balaban J connectivity index is 2.08. The van der Waals surface area contributed by atoms with E-state index < -0.39 is 0 Å². The smallest absolute Gasteiger partial charge is 0.119 e. The summed E-state index contributed by atoms with van der Waals surface area (Å²) in [5.41, 5.74) is 1.56. The largest absolute Gasteiger partial charge is 0.497 e. The molecule has 0 saturated heterocycles. The van der Waals surface area contributed by atoms with Gasteiger partial charge in [0, 0.05) is 0 Å². The van der Waals surface area contributed by atoms with Crippen LogP contribution in [0.4, 0.5) is 0 Å². The van der Waals surface area contributed by atoms with Crippen LogP contribution < -0.4 is 4.74 Å². The van der Waals surface area contributed by atoms with Crippen molar-refractivity contribution >= 4 is 0 Å². The number of ether oxygens (including phenoxy) is 1. The van der Waals surface area contributed by atoms with Crippen LogP contribution in [0, 0.1) is 5.41 Å². The van der Waals surface area contributed by atoms with Crippen molar-refractivity contribution in [2.45, 2.75) is 38.7 Å². The van der Waals surface area contributed by atoms with Crippen LogP contribution in [-0.2, 0) is 6.42 Å². The minimum atomic E-state index is -0.101. The highest BCUT2D eigenvalue weighted by Crippen LogP contribution is 2.40. The molecule has 1 saturated carbocycles. The van der Waals surface area contributed by atoms with Gasteiger partial charge in [0.1, 0.15) is 5.75 Å². The first-order valence-electron chi connectivity index (χ1n) is 5.92. The third kappa shape index (κ3) is 2.56. The van der Waals surface area contributed by atoms with E-state index in [4.69, 9.17) is 4.74 Å². The van der Waals surface area contributed by atoms with Crippen molar-refractivity contribution in [2.75, 3.05) is 7.11 Å². The van der Waals surface area contributed by atoms with Crippen LogP contribution in [0.5, 0.6) is 5.75 Å². The molecule has 2 unspecified atom stereocenters. The van der Waals surface area contributed by atoms with Gasteiger partial charge in [-0.25, -0.2) is 0 Å². The van der Waals surface area contributed by atoms with Crippen LogP contribution in [0.3, 0.4) is 0 Å². The summed E-state index contributed by atoms with van der Waals surface area (Å²) in [5, 5.41) is 9.62. The summed E-state index contributed by atoms with van der Waals surface area (Å²) in [6.07, 6.45) is 3.91. The minimum absolute atomic E-state index is 0.101. The van der Waals surface area contributed by atoms with Gasteiger partial charge in [0.25, 0.3) is 0 Å². The molecule has 0 bridgehead atoms. The van der Waals surface area contributed by atoms with Gasteiger partial charge in [-0.1, -0.05) is 19.1 Å². The molecule has 0 heterocycles. The van der Waals surface area contributed by atoms with E-state index in [-0.39, 0.29) is 11.5 Å². The molecule has 2 rings (SSSR count). The van der Waals surface area contributed by atoms with Crippen LogP contribution in [0.1, 0.15) is 31.7 Å². The fourth-order valence-electron chi connectivity index (χ4n) is 2.72. The van der Waals surface area contributed by atoms with Gasteiger partial charge in [-0.2, -0.15) is 0 Å². The molecule has 2 atom stereocenters. The van der Waals surface area contributed by atoms with E-state index in [0.29, 0.717) is 0 Å². The van der Waals surface area contributed by atoms with Gasteiger partial charge in [-0.3, -0.25) is 0 Å². The fourth-order valence-corrected chi connectivity index (χ4v) is 2.72. The number of benzene rings is 1. The van der Waals surface area contributed by atoms with E-state index in [1.807, 2.05) is 12.1 Å². The van der Waals surface area contributed by atoms with Crippen LogP contribution >= 0.6 is 0 Å². The summed E-state index contributed by atoms with van der Waals surface area (Å²) in [7, 11) is 1.69. The van der Waals surface area contributed by atoms with Crippen molar-refractivity contribution in [1.82, 2.24) is 0 Å². The highest BCUT2D eigenvalue weighted by atomic mass is 16.5. The molecule has 2 heteroatoms. The van der Waals surface area contributed by atoms with Gasteiger partial charge >= 0.3 is 0 Å². The topological polar surface area (TPSA) is 29.5 Å². The summed E-state index contributed by atoms with van der Waals surface area (Å²) in [4.78, 5) is 0. The Labute approximate surface area is 97.3 Å². The molecule has 0 radical (unpaired) electrons. The lowest BCUT2D eigenvalue weighted by Crippen LogP contribution is -2.16. The van der Waals surface area contributed by atoms with E-state index in [2.05, 4.69) is 19.1 Å². The van der Waals surface area contributed by atoms with Crippen molar-refractivity contribution < 1.29 is 9.84 Å². The summed E-state index contributed by atoms with van der Waals surface area (Å²) in [6.45, 7) is 2.27. The molecule has 2 nitrogen and oxygen atoms in total. The second-order valence-corrected chi connectivity index (χ2v) is 5.24. The van der Waals surface area contributed by atoms with Gasteiger partial charge < -0.3 is 9.84 Å². The molecule has 16 heavy (non-hydrogen) atoms. The molecule has 0 amide bonds. The highest BCUT2D eigenvalue weighted by Gasteiger charge is 2.34. The Bertz CT molecular complexity index is 362. The first-order valence-corrected chi connectivity index (χ1v) is 5.92. The molecule has 1 aromatic carbocycles. The quantitative estimate of drug-likeness (QED) is 0.848. The second-order valence-electron chi connectivity index (χ2n) is 5.24. The third-order valence-corrected chi connectivity index (χ3v) is 3.57. The Hall–Kier alpha value is -1.02. The highest BCUT2D eigenvalue weighted by molar-refractivity contribution is 5.29. The predicted molar refractivity (Wildman–Crippen MR) is 64.7 cm³/mol. The Morgan fingerprint density at radius 2 is 2.31 bits per heavy atom. The van der Waals surface area contributed by atoms with E-state index in [9.17, 15) is 5.11 Å². The molecule has 0 aliphatic heterocycles. The Kier molecular flexibility index (Phi) is 3.20. The maximum atomic E-state index is 9.62. The molecule has 0 spiro atoms. The third-order valence-electron chi connectivity index (χ3n) is 3.57. The zero-order chi connectivity index (χ0) is 11.6. The average molecular weight is 220 g/mol. The van der Waals surface area contributed by atoms with E-state index >= 15 is 0 Å². The molecule has 0 aromatic heterocycles. The first kappa shape index (κ1) is 11.5. The molecule has 88 valence electrons. The van der Waals surface area contributed by atoms with Crippen LogP contribution in [-0.4, -0.2) is 18.3 Å². The van der Waals surface area contributed by atoms with E-state index in [0.717, 1.165) is 31.4 Å². The number of hydrogen-bond acceptors (Lipinski definition) is 2. The summed E-state index contributed by atoms with van der Waals surface area (Å²) in [6, 6.07) is 8.23. The maximum Gasteiger partial charge on any atom is 0.119 e. The average Bonchev–Trinajstić information content (AvgIpc) is 2.58. The molecular weight excluding hydrogens is 200 g/mol. The lowest BCUT2D eigenvalue weighted by atomic mass is 9.82. The minimum Gasteiger partial charge on any atom is -0.497 e. The molecule has 1 aliphatic carbocycles. The van der Waals surface area contributed by atoms with Gasteiger partial charge in [0.2, 0.25) is 0 Å². The van der Waals surface area contributed by atoms with Gasteiger partial charge in [-0.05, 0) is 48.8 Å². The maximum absolute atomic E-state index is 9.62. The van der Waals surface area contributed by atoms with Crippen molar-refractivity contribution in [3.05, 3.63) is 29.8 Å². The monoisotopic (exact) mass is 220 g/mol. The van der Waals surface area contributed by atoms with Crippen LogP contribution in [0.15, 0.2) is 24.3 Å². The number of aliphatic hydroxyl groups is 1. The fraction of sp³-hybridized carbons (Fsp3) is 0.571. The SMILES string of the molecule is COc1cccc(CC2(C)CCC(O)C2)c1. The summed E-state index contributed by atoms with van der Waals surface area (Å²) in [5.74, 6) is 0.916. The van der Waals surface area contributed by atoms with Crippen LogP contribution in [0.25, 0.3) is 0 Å². The van der Waals surface area contributed by atoms with Crippen molar-refractivity contribution in [2.24, 2.45) is 5.41 Å². The number of methoxy groups -OCH3 is 1.